The molecular formula is C21H27N4OS+. The van der Waals surface area contributed by atoms with Crippen LogP contribution < -0.4 is 9.64 Å². The minimum atomic E-state index is 0.234. The summed E-state index contributed by atoms with van der Waals surface area (Å²) in [4.78, 5) is 1.33. The van der Waals surface area contributed by atoms with Crippen LogP contribution in [0.1, 0.15) is 25.5 Å². The second-order valence-corrected chi connectivity index (χ2v) is 7.44. The van der Waals surface area contributed by atoms with Crippen molar-refractivity contribution in [1.82, 2.24) is 14.3 Å². The van der Waals surface area contributed by atoms with Crippen molar-refractivity contribution in [1.29, 1.82) is 0 Å². The van der Waals surface area contributed by atoms with Gasteiger partial charge in [0.25, 0.3) is 0 Å². The van der Waals surface area contributed by atoms with Gasteiger partial charge in [0.1, 0.15) is 12.3 Å². The van der Waals surface area contributed by atoms with Crippen molar-refractivity contribution in [2.45, 2.75) is 33.1 Å². The predicted molar refractivity (Wildman–Crippen MR) is 110 cm³/mol. The summed E-state index contributed by atoms with van der Waals surface area (Å²) in [5, 5.41) is 4.85. The number of methoxy groups -OCH3 is 1. The number of hydrogen-bond donors (Lipinski definition) is 1. The Hall–Kier alpha value is -2.44. The second-order valence-electron chi connectivity index (χ2n) is 7.08. The molecule has 0 saturated carbocycles. The van der Waals surface area contributed by atoms with E-state index in [2.05, 4.69) is 49.7 Å². The lowest BCUT2D eigenvalue weighted by Crippen LogP contribution is -3.07. The van der Waals surface area contributed by atoms with Crippen LogP contribution in [0.3, 0.4) is 0 Å². The molecule has 142 valence electrons. The normalized spacial score (nSPS) is 12.3. The quantitative estimate of drug-likeness (QED) is 0.636. The van der Waals surface area contributed by atoms with Crippen LogP contribution in [-0.4, -0.2) is 28.5 Å². The molecule has 1 unspecified atom stereocenters. The van der Waals surface area contributed by atoms with Crippen molar-refractivity contribution in [3.63, 3.8) is 0 Å². The van der Waals surface area contributed by atoms with E-state index in [1.807, 2.05) is 35.0 Å². The minimum Gasteiger partial charge on any atom is -0.497 e. The SMILES string of the molecule is COc1ccc(-c2nn(C[NH+](C)Cc3ccccc3)c(=S)n2C(C)C)cc1. The fourth-order valence-corrected chi connectivity index (χ4v) is 3.58. The van der Waals surface area contributed by atoms with Crippen LogP contribution in [-0.2, 0) is 13.2 Å². The highest BCUT2D eigenvalue weighted by molar-refractivity contribution is 7.71. The number of ether oxygens (including phenoxy) is 1. The van der Waals surface area contributed by atoms with Gasteiger partial charge in [-0.1, -0.05) is 30.3 Å². The average Bonchev–Trinajstić information content (AvgIpc) is 2.99. The van der Waals surface area contributed by atoms with E-state index in [1.54, 1.807) is 7.11 Å². The molecule has 3 aromatic rings. The first-order valence-corrected chi connectivity index (χ1v) is 9.59. The molecule has 0 aliphatic carbocycles. The van der Waals surface area contributed by atoms with Crippen molar-refractivity contribution in [2.75, 3.05) is 14.2 Å². The van der Waals surface area contributed by atoms with E-state index >= 15 is 0 Å². The summed E-state index contributed by atoms with van der Waals surface area (Å²) in [5.74, 6) is 1.73. The zero-order valence-corrected chi connectivity index (χ0v) is 17.2. The fraction of sp³-hybridized carbons (Fsp3) is 0.333. The van der Waals surface area contributed by atoms with E-state index in [0.717, 1.165) is 35.1 Å². The Kier molecular flexibility index (Phi) is 6.08. The maximum absolute atomic E-state index is 5.75. The van der Waals surface area contributed by atoms with E-state index in [-0.39, 0.29) is 6.04 Å². The summed E-state index contributed by atoms with van der Waals surface area (Å²) in [7, 11) is 3.83. The van der Waals surface area contributed by atoms with Crippen LogP contribution in [0.5, 0.6) is 5.75 Å². The van der Waals surface area contributed by atoms with Gasteiger partial charge >= 0.3 is 0 Å². The molecule has 0 radical (unpaired) electrons. The van der Waals surface area contributed by atoms with Crippen molar-refractivity contribution < 1.29 is 9.64 Å². The molecule has 2 aromatic carbocycles. The molecule has 1 aromatic heterocycles. The van der Waals surface area contributed by atoms with Gasteiger partial charge in [0.05, 0.1) is 14.2 Å². The lowest BCUT2D eigenvalue weighted by Gasteiger charge is -2.14. The first kappa shape index (κ1) is 19.3. The van der Waals surface area contributed by atoms with Gasteiger partial charge in [-0.25, -0.2) is 0 Å². The van der Waals surface area contributed by atoms with E-state index < -0.39 is 0 Å². The smallest absolute Gasteiger partial charge is 0.203 e. The van der Waals surface area contributed by atoms with Gasteiger partial charge in [-0.2, -0.15) is 4.68 Å². The molecule has 0 spiro atoms. The molecule has 6 heteroatoms. The molecular weight excluding hydrogens is 356 g/mol. The van der Waals surface area contributed by atoms with E-state index in [9.17, 15) is 0 Å². The van der Waals surface area contributed by atoms with Crippen LogP contribution in [0.25, 0.3) is 11.4 Å². The Labute approximate surface area is 165 Å². The molecule has 3 rings (SSSR count). The van der Waals surface area contributed by atoms with Gasteiger partial charge in [-0.05, 0) is 50.3 Å². The second kappa shape index (κ2) is 8.50. The third kappa shape index (κ3) is 4.46. The molecule has 1 atom stereocenters. The molecule has 0 amide bonds. The maximum Gasteiger partial charge on any atom is 0.203 e. The lowest BCUT2D eigenvalue weighted by molar-refractivity contribution is -0.917. The van der Waals surface area contributed by atoms with Gasteiger partial charge in [-0.3, -0.25) is 4.57 Å². The maximum atomic E-state index is 5.75. The van der Waals surface area contributed by atoms with E-state index in [1.165, 1.54) is 10.5 Å². The number of nitrogens with zero attached hydrogens (tertiary/aromatic N) is 3. The Morgan fingerprint density at radius 3 is 2.33 bits per heavy atom. The molecule has 0 aliphatic rings. The zero-order chi connectivity index (χ0) is 19.4. The summed E-state index contributed by atoms with van der Waals surface area (Å²) in [6.07, 6.45) is 0. The van der Waals surface area contributed by atoms with Crippen molar-refractivity contribution in [3.05, 3.63) is 64.9 Å². The molecule has 0 bridgehead atoms. The first-order chi connectivity index (χ1) is 13.0. The van der Waals surface area contributed by atoms with Crippen molar-refractivity contribution in [2.24, 2.45) is 0 Å². The Morgan fingerprint density at radius 1 is 1.07 bits per heavy atom. The van der Waals surface area contributed by atoms with Crippen LogP contribution in [0.4, 0.5) is 0 Å². The summed E-state index contributed by atoms with van der Waals surface area (Å²) >= 11 is 5.75. The van der Waals surface area contributed by atoms with Crippen LogP contribution in [0.15, 0.2) is 54.6 Å². The van der Waals surface area contributed by atoms with Crippen molar-refractivity contribution in [3.8, 4) is 17.1 Å². The first-order valence-electron chi connectivity index (χ1n) is 9.18. The highest BCUT2D eigenvalue weighted by atomic mass is 32.1. The average molecular weight is 384 g/mol. The number of hydrogen-bond acceptors (Lipinski definition) is 3. The Bertz CT molecular complexity index is 929. The van der Waals surface area contributed by atoms with Gasteiger partial charge in [-0.15, -0.1) is 5.10 Å². The Morgan fingerprint density at radius 2 is 1.74 bits per heavy atom. The molecule has 0 fully saturated rings. The monoisotopic (exact) mass is 383 g/mol. The standard InChI is InChI=1S/C21H26N4OS/c1-16(2)25-20(18-10-12-19(26-4)13-11-18)22-24(21(25)27)15-23(3)14-17-8-6-5-7-9-17/h5-13,16H,14-15H2,1-4H3/p+1. The van der Waals surface area contributed by atoms with E-state index in [4.69, 9.17) is 22.1 Å². The third-order valence-corrected chi connectivity index (χ3v) is 4.91. The molecule has 27 heavy (non-hydrogen) atoms. The fourth-order valence-electron chi connectivity index (χ4n) is 3.18. The van der Waals surface area contributed by atoms with E-state index in [0.29, 0.717) is 0 Å². The van der Waals surface area contributed by atoms with Gasteiger partial charge in [0, 0.05) is 17.2 Å². The highest BCUT2D eigenvalue weighted by Crippen LogP contribution is 2.24. The Balaban J connectivity index is 1.88. The molecule has 1 heterocycles. The number of nitrogens with one attached hydrogen (secondary N) is 1. The number of quaternary nitrogens is 1. The number of rotatable bonds is 7. The van der Waals surface area contributed by atoms with Crippen LogP contribution >= 0.6 is 12.2 Å². The highest BCUT2D eigenvalue weighted by Gasteiger charge is 2.17. The predicted octanol–water partition coefficient (Wildman–Crippen LogP) is 3.34. The number of aromatic nitrogens is 3. The van der Waals surface area contributed by atoms with Gasteiger partial charge in [0.15, 0.2) is 12.5 Å². The lowest BCUT2D eigenvalue weighted by atomic mass is 10.2. The molecule has 0 saturated heterocycles. The van der Waals surface area contributed by atoms with Crippen molar-refractivity contribution >= 4 is 12.2 Å². The molecule has 0 aliphatic heterocycles. The van der Waals surface area contributed by atoms with Crippen LogP contribution in [0, 0.1) is 4.77 Å². The summed E-state index contributed by atoms with van der Waals surface area (Å²) < 4.78 is 10.1. The summed E-state index contributed by atoms with van der Waals surface area (Å²) in [6, 6.07) is 18.7. The molecule has 5 nitrogen and oxygen atoms in total. The summed E-state index contributed by atoms with van der Waals surface area (Å²) in [5.41, 5.74) is 2.34. The van der Waals surface area contributed by atoms with Gasteiger partial charge in [0.2, 0.25) is 4.77 Å². The largest absolute Gasteiger partial charge is 0.497 e. The zero-order valence-electron chi connectivity index (χ0n) is 16.3. The van der Waals surface area contributed by atoms with Crippen LogP contribution in [0.2, 0.25) is 0 Å². The third-order valence-electron chi connectivity index (χ3n) is 4.50. The summed E-state index contributed by atoms with van der Waals surface area (Å²) in [6.45, 7) is 5.91. The number of benzene rings is 2. The topological polar surface area (TPSA) is 36.4 Å². The molecule has 1 N–H and O–H groups in total. The minimum absolute atomic E-state index is 0.234. The van der Waals surface area contributed by atoms with Gasteiger partial charge < -0.3 is 9.64 Å².